The van der Waals surface area contributed by atoms with E-state index in [1.165, 1.54) is 11.1 Å². The summed E-state index contributed by atoms with van der Waals surface area (Å²) in [5.41, 5.74) is 3.35. The van der Waals surface area contributed by atoms with Crippen molar-refractivity contribution >= 4 is 17.5 Å². The van der Waals surface area contributed by atoms with Crippen molar-refractivity contribution in [2.24, 2.45) is 5.92 Å². The van der Waals surface area contributed by atoms with Crippen LogP contribution in [0.5, 0.6) is 0 Å². The molecule has 0 saturated carbocycles. The average Bonchev–Trinajstić information content (AvgIpc) is 2.50. The highest BCUT2D eigenvalue weighted by atomic mass is 16.2. The predicted molar refractivity (Wildman–Crippen MR) is 91.1 cm³/mol. The number of carbonyl (C=O) groups excluding carboxylic acids is 2. The molecule has 1 aromatic carbocycles. The Balaban J connectivity index is 2.97. The van der Waals surface area contributed by atoms with Gasteiger partial charge in [-0.25, -0.2) is 0 Å². The molecule has 0 radical (unpaired) electrons. The number of hydrogen-bond donors (Lipinski definition) is 1. The second-order valence-corrected chi connectivity index (χ2v) is 5.75. The molecular weight excluding hydrogens is 276 g/mol. The van der Waals surface area contributed by atoms with Crippen LogP contribution < -0.4 is 10.2 Å². The highest BCUT2D eigenvalue weighted by molar-refractivity contribution is 5.93. The lowest BCUT2D eigenvalue weighted by molar-refractivity contribution is -0.124. The van der Waals surface area contributed by atoms with E-state index in [0.717, 1.165) is 18.5 Å². The van der Waals surface area contributed by atoms with Crippen molar-refractivity contribution in [3.63, 3.8) is 0 Å². The maximum Gasteiger partial charge on any atom is 0.223 e. The Morgan fingerprint density at radius 3 is 2.09 bits per heavy atom. The van der Waals surface area contributed by atoms with Gasteiger partial charge in [-0.2, -0.15) is 0 Å². The first kappa shape index (κ1) is 18.2. The number of hydrogen-bond acceptors (Lipinski definition) is 2. The zero-order chi connectivity index (χ0) is 16.7. The molecule has 1 aromatic rings. The van der Waals surface area contributed by atoms with E-state index < -0.39 is 0 Å². The van der Waals surface area contributed by atoms with Crippen LogP contribution >= 0.6 is 0 Å². The zero-order valence-electron chi connectivity index (χ0n) is 14.4. The van der Waals surface area contributed by atoms with Gasteiger partial charge in [-0.15, -0.1) is 0 Å². The first-order valence-corrected chi connectivity index (χ1v) is 8.08. The normalized spacial score (nSPS) is 10.6. The van der Waals surface area contributed by atoms with E-state index in [1.807, 2.05) is 19.9 Å². The quantitative estimate of drug-likeness (QED) is 0.842. The number of para-hydroxylation sites is 1. The molecule has 22 heavy (non-hydrogen) atoms. The van der Waals surface area contributed by atoms with Crippen molar-refractivity contribution < 1.29 is 9.59 Å². The average molecular weight is 304 g/mol. The molecule has 0 aliphatic heterocycles. The van der Waals surface area contributed by atoms with Crippen LogP contribution in [0.25, 0.3) is 0 Å². The molecule has 0 saturated heterocycles. The molecule has 0 aliphatic carbocycles. The van der Waals surface area contributed by atoms with Gasteiger partial charge in [0.25, 0.3) is 0 Å². The summed E-state index contributed by atoms with van der Waals surface area (Å²) in [6.07, 6.45) is 1.76. The zero-order valence-corrected chi connectivity index (χ0v) is 14.4. The van der Waals surface area contributed by atoms with Gasteiger partial charge >= 0.3 is 0 Å². The Morgan fingerprint density at radius 2 is 1.68 bits per heavy atom. The highest BCUT2D eigenvalue weighted by Gasteiger charge is 2.18. The largest absolute Gasteiger partial charge is 0.354 e. The Bertz CT molecular complexity index is 502. The molecule has 0 heterocycles. The Kier molecular flexibility index (Phi) is 7.09. The molecule has 0 bridgehead atoms. The summed E-state index contributed by atoms with van der Waals surface area (Å²) < 4.78 is 0. The number of rotatable bonds is 7. The molecule has 0 atom stereocenters. The van der Waals surface area contributed by atoms with Gasteiger partial charge in [-0.05, 0) is 24.0 Å². The standard InChI is InChI=1S/C18H28N2O2/c1-6-15-9-8-10-16(7-2)17(15)20(14(5)21)12-11-19-18(22)13(3)4/h8-10,13H,6-7,11-12H2,1-5H3,(H,19,22). The lowest BCUT2D eigenvalue weighted by Crippen LogP contribution is -2.39. The van der Waals surface area contributed by atoms with Gasteiger partial charge in [0.2, 0.25) is 11.8 Å². The van der Waals surface area contributed by atoms with Gasteiger partial charge in [0.05, 0.1) is 5.69 Å². The summed E-state index contributed by atoms with van der Waals surface area (Å²) >= 11 is 0. The van der Waals surface area contributed by atoms with E-state index in [2.05, 4.69) is 31.3 Å². The molecule has 0 unspecified atom stereocenters. The maximum atomic E-state index is 12.1. The van der Waals surface area contributed by atoms with Crippen LogP contribution in [0, 0.1) is 5.92 Å². The minimum atomic E-state index is -0.0418. The summed E-state index contributed by atoms with van der Waals surface area (Å²) in [5.74, 6) is -0.0164. The SMILES string of the molecule is CCc1cccc(CC)c1N(CCNC(=O)C(C)C)C(C)=O. The monoisotopic (exact) mass is 304 g/mol. The van der Waals surface area contributed by atoms with Crippen LogP contribution in [0.3, 0.4) is 0 Å². The second-order valence-electron chi connectivity index (χ2n) is 5.75. The molecule has 0 aliphatic rings. The van der Waals surface area contributed by atoms with E-state index in [-0.39, 0.29) is 17.7 Å². The molecule has 0 aromatic heterocycles. The molecule has 1 rings (SSSR count). The van der Waals surface area contributed by atoms with Crippen LogP contribution in [-0.2, 0) is 22.4 Å². The number of anilines is 1. The van der Waals surface area contributed by atoms with Gasteiger partial charge in [0.1, 0.15) is 0 Å². The molecule has 4 heteroatoms. The van der Waals surface area contributed by atoms with Gasteiger partial charge in [0, 0.05) is 25.9 Å². The van der Waals surface area contributed by atoms with E-state index in [1.54, 1.807) is 11.8 Å². The Morgan fingerprint density at radius 1 is 1.14 bits per heavy atom. The third kappa shape index (κ3) is 4.58. The summed E-state index contributed by atoms with van der Waals surface area (Å²) in [6.45, 7) is 10.5. The number of amides is 2. The molecule has 4 nitrogen and oxygen atoms in total. The number of nitrogens with one attached hydrogen (secondary N) is 1. The van der Waals surface area contributed by atoms with Crippen molar-refractivity contribution in [2.75, 3.05) is 18.0 Å². The molecular formula is C18H28N2O2. The van der Waals surface area contributed by atoms with E-state index in [9.17, 15) is 9.59 Å². The van der Waals surface area contributed by atoms with Crippen LogP contribution in [-0.4, -0.2) is 24.9 Å². The lowest BCUT2D eigenvalue weighted by Gasteiger charge is -2.26. The molecule has 0 fully saturated rings. The number of benzene rings is 1. The topological polar surface area (TPSA) is 49.4 Å². The molecule has 0 spiro atoms. The second kappa shape index (κ2) is 8.57. The maximum absolute atomic E-state index is 12.1. The van der Waals surface area contributed by atoms with Gasteiger partial charge in [-0.3, -0.25) is 9.59 Å². The van der Waals surface area contributed by atoms with Crippen molar-refractivity contribution in [1.29, 1.82) is 0 Å². The van der Waals surface area contributed by atoms with E-state index >= 15 is 0 Å². The Labute approximate surface area is 133 Å². The van der Waals surface area contributed by atoms with Crippen molar-refractivity contribution in [2.45, 2.75) is 47.5 Å². The fourth-order valence-corrected chi connectivity index (χ4v) is 2.48. The summed E-state index contributed by atoms with van der Waals surface area (Å²) in [6, 6.07) is 6.17. The first-order valence-electron chi connectivity index (χ1n) is 8.08. The van der Waals surface area contributed by atoms with Gasteiger partial charge in [0.15, 0.2) is 0 Å². The van der Waals surface area contributed by atoms with Crippen molar-refractivity contribution in [1.82, 2.24) is 5.32 Å². The first-order chi connectivity index (χ1) is 10.4. The highest BCUT2D eigenvalue weighted by Crippen LogP contribution is 2.27. The summed E-state index contributed by atoms with van der Waals surface area (Å²) in [5, 5.41) is 2.88. The minimum Gasteiger partial charge on any atom is -0.354 e. The van der Waals surface area contributed by atoms with Crippen LogP contribution in [0.2, 0.25) is 0 Å². The predicted octanol–water partition coefficient (Wildman–Crippen LogP) is 2.94. The minimum absolute atomic E-state index is 0.00870. The number of aryl methyl sites for hydroxylation is 2. The Hall–Kier alpha value is -1.84. The van der Waals surface area contributed by atoms with Crippen molar-refractivity contribution in [3.8, 4) is 0 Å². The fourth-order valence-electron chi connectivity index (χ4n) is 2.48. The fraction of sp³-hybridized carbons (Fsp3) is 0.556. The van der Waals surface area contributed by atoms with Crippen LogP contribution in [0.15, 0.2) is 18.2 Å². The molecule has 2 amide bonds. The number of nitrogens with zero attached hydrogens (tertiary/aromatic N) is 1. The molecule has 122 valence electrons. The lowest BCUT2D eigenvalue weighted by atomic mass is 10.0. The smallest absolute Gasteiger partial charge is 0.223 e. The van der Waals surface area contributed by atoms with Crippen LogP contribution in [0.1, 0.15) is 45.7 Å². The van der Waals surface area contributed by atoms with E-state index in [4.69, 9.17) is 0 Å². The summed E-state index contributed by atoms with van der Waals surface area (Å²) in [7, 11) is 0. The van der Waals surface area contributed by atoms with Crippen molar-refractivity contribution in [3.05, 3.63) is 29.3 Å². The third-order valence-electron chi connectivity index (χ3n) is 3.77. The summed E-state index contributed by atoms with van der Waals surface area (Å²) in [4.78, 5) is 25.6. The van der Waals surface area contributed by atoms with Gasteiger partial charge < -0.3 is 10.2 Å². The van der Waals surface area contributed by atoms with E-state index in [0.29, 0.717) is 13.1 Å². The number of carbonyl (C=O) groups is 2. The van der Waals surface area contributed by atoms with Crippen LogP contribution in [0.4, 0.5) is 5.69 Å². The third-order valence-corrected chi connectivity index (χ3v) is 3.77. The van der Waals surface area contributed by atoms with Gasteiger partial charge in [-0.1, -0.05) is 45.9 Å². The molecule has 1 N–H and O–H groups in total.